The zero-order chi connectivity index (χ0) is 24.3. The molecule has 2 aromatic carbocycles. The van der Waals surface area contributed by atoms with Crippen LogP contribution >= 0.6 is 11.6 Å². The lowest BCUT2D eigenvalue weighted by molar-refractivity contribution is -0.137. The van der Waals surface area contributed by atoms with Crippen LogP contribution < -0.4 is 15.4 Å². The maximum Gasteiger partial charge on any atom is 0.416 e. The summed E-state index contributed by atoms with van der Waals surface area (Å²) in [5, 5.41) is 8.86. The molecule has 0 radical (unpaired) electrons. The zero-order valence-corrected chi connectivity index (χ0v) is 18.2. The number of hydrogen-bond donors (Lipinski definition) is 2. The Balaban J connectivity index is 1.43. The van der Waals surface area contributed by atoms with Gasteiger partial charge in [-0.2, -0.15) is 18.3 Å². The fourth-order valence-electron chi connectivity index (χ4n) is 2.94. The van der Waals surface area contributed by atoms with Gasteiger partial charge in [-0.15, -0.1) is 0 Å². The normalized spacial score (nSPS) is 11.2. The molecule has 0 aliphatic rings. The fraction of sp³-hybridized carbons (Fsp3) is 0.0909. The van der Waals surface area contributed by atoms with E-state index in [0.717, 1.165) is 23.8 Å². The molecule has 2 aromatic heterocycles. The minimum atomic E-state index is -4.53. The lowest BCUT2D eigenvalue weighted by Crippen LogP contribution is -2.19. The highest BCUT2D eigenvalue weighted by molar-refractivity contribution is 6.33. The van der Waals surface area contributed by atoms with Crippen molar-refractivity contribution >= 4 is 29.0 Å². The van der Waals surface area contributed by atoms with Crippen molar-refractivity contribution in [1.29, 1.82) is 0 Å². The summed E-state index contributed by atoms with van der Waals surface area (Å²) < 4.78 is 45.7. The van der Waals surface area contributed by atoms with E-state index in [1.807, 2.05) is 0 Å². The van der Waals surface area contributed by atoms with Crippen molar-refractivity contribution in [3.8, 4) is 22.9 Å². The summed E-state index contributed by atoms with van der Waals surface area (Å²) in [6.07, 6.45) is 0.296. The molecule has 0 aliphatic heterocycles. The van der Waals surface area contributed by atoms with Crippen LogP contribution in [0.2, 0.25) is 5.02 Å². The number of alkyl halides is 3. The van der Waals surface area contributed by atoms with Gasteiger partial charge in [-0.05, 0) is 30.3 Å². The van der Waals surface area contributed by atoms with Crippen LogP contribution in [0, 0.1) is 0 Å². The van der Waals surface area contributed by atoms with Crippen LogP contribution in [-0.4, -0.2) is 25.8 Å². The van der Waals surface area contributed by atoms with Crippen molar-refractivity contribution in [1.82, 2.24) is 19.7 Å². The van der Waals surface area contributed by atoms with Crippen LogP contribution in [0.3, 0.4) is 0 Å². The molecule has 2 amide bonds. The van der Waals surface area contributed by atoms with Crippen molar-refractivity contribution in [2.45, 2.75) is 6.18 Å². The van der Waals surface area contributed by atoms with Gasteiger partial charge in [0.15, 0.2) is 0 Å². The molecule has 0 spiro atoms. The number of ether oxygens (including phenoxy) is 1. The summed E-state index contributed by atoms with van der Waals surface area (Å²) in [5.41, 5.74) is 0.914. The Morgan fingerprint density at radius 2 is 1.91 bits per heavy atom. The van der Waals surface area contributed by atoms with E-state index in [0.29, 0.717) is 17.1 Å². The number of urea groups is 1. The Bertz CT molecular complexity index is 1340. The molecular weight excluding hydrogens is 473 g/mol. The number of aromatic nitrogens is 4. The van der Waals surface area contributed by atoms with Gasteiger partial charge >= 0.3 is 12.2 Å². The van der Waals surface area contributed by atoms with Gasteiger partial charge < -0.3 is 15.4 Å². The van der Waals surface area contributed by atoms with Gasteiger partial charge in [0.25, 0.3) is 0 Å². The Morgan fingerprint density at radius 1 is 1.09 bits per heavy atom. The number of carbonyl (C=O) groups is 1. The van der Waals surface area contributed by atoms with Crippen LogP contribution in [0.4, 0.5) is 29.3 Å². The van der Waals surface area contributed by atoms with Crippen molar-refractivity contribution < 1.29 is 22.7 Å². The van der Waals surface area contributed by atoms with E-state index in [2.05, 4.69) is 25.7 Å². The molecular formula is C22H16ClF3N6O2. The molecule has 8 nitrogen and oxygen atoms in total. The van der Waals surface area contributed by atoms with Crippen molar-refractivity contribution in [2.24, 2.45) is 7.05 Å². The van der Waals surface area contributed by atoms with Gasteiger partial charge in [-0.1, -0.05) is 17.7 Å². The summed E-state index contributed by atoms with van der Waals surface area (Å²) >= 11 is 5.88. The van der Waals surface area contributed by atoms with E-state index >= 15 is 0 Å². The van der Waals surface area contributed by atoms with Gasteiger partial charge in [-0.25, -0.2) is 14.8 Å². The monoisotopic (exact) mass is 488 g/mol. The zero-order valence-electron chi connectivity index (χ0n) is 17.5. The average molecular weight is 489 g/mol. The molecule has 4 rings (SSSR count). The minimum Gasteiger partial charge on any atom is -0.439 e. The van der Waals surface area contributed by atoms with E-state index < -0.39 is 17.8 Å². The predicted octanol–water partition coefficient (Wildman–Crippen LogP) is 5.99. The number of benzene rings is 2. The molecule has 0 unspecified atom stereocenters. The summed E-state index contributed by atoms with van der Waals surface area (Å²) in [6, 6.07) is 10.1. The molecule has 0 bridgehead atoms. The second kappa shape index (κ2) is 9.40. The molecule has 34 heavy (non-hydrogen) atoms. The van der Waals surface area contributed by atoms with E-state index in [1.165, 1.54) is 6.33 Å². The van der Waals surface area contributed by atoms with Gasteiger partial charge in [-0.3, -0.25) is 4.68 Å². The lowest BCUT2D eigenvalue weighted by atomic mass is 10.2. The maximum absolute atomic E-state index is 12.8. The predicted molar refractivity (Wildman–Crippen MR) is 120 cm³/mol. The summed E-state index contributed by atoms with van der Waals surface area (Å²) in [7, 11) is 1.79. The van der Waals surface area contributed by atoms with Crippen molar-refractivity contribution in [3.63, 3.8) is 0 Å². The highest BCUT2D eigenvalue weighted by atomic mass is 35.5. The van der Waals surface area contributed by atoms with E-state index in [-0.39, 0.29) is 16.6 Å². The van der Waals surface area contributed by atoms with Crippen LogP contribution in [0.5, 0.6) is 11.6 Å². The standard InChI is InChI=1S/C22H16ClF3N6O2/c1-32-11-13(10-29-32)19-9-20(28-12-27-19)34-16-4-2-3-15(8-16)30-21(33)31-18-6-5-14(7-17(18)23)22(24,25)26/h2-12H,1H3,(H2,30,31,33). The number of anilines is 2. The largest absolute Gasteiger partial charge is 0.439 e. The first-order valence-electron chi connectivity index (χ1n) is 9.71. The second-order valence-electron chi connectivity index (χ2n) is 7.05. The molecule has 4 aromatic rings. The van der Waals surface area contributed by atoms with Crippen molar-refractivity contribution in [3.05, 3.63) is 77.8 Å². The summed E-state index contributed by atoms with van der Waals surface area (Å²) in [6.45, 7) is 0. The molecule has 12 heteroatoms. The molecule has 174 valence electrons. The number of nitrogens with zero attached hydrogens (tertiary/aromatic N) is 4. The average Bonchev–Trinajstić information content (AvgIpc) is 3.21. The minimum absolute atomic E-state index is 0.0310. The smallest absolute Gasteiger partial charge is 0.416 e. The quantitative estimate of drug-likeness (QED) is 0.360. The lowest BCUT2D eigenvalue weighted by Gasteiger charge is -2.12. The Kier molecular flexibility index (Phi) is 6.37. The third-order valence-electron chi connectivity index (χ3n) is 4.50. The molecule has 0 saturated heterocycles. The molecule has 0 saturated carbocycles. The Labute approximate surface area is 196 Å². The van der Waals surface area contributed by atoms with E-state index in [1.54, 1.807) is 54.5 Å². The van der Waals surface area contributed by atoms with Gasteiger partial charge in [0, 0.05) is 36.6 Å². The number of nitrogens with one attached hydrogen (secondary N) is 2. The first kappa shape index (κ1) is 23.1. The molecule has 0 atom stereocenters. The number of hydrogen-bond acceptors (Lipinski definition) is 5. The first-order chi connectivity index (χ1) is 16.2. The third kappa shape index (κ3) is 5.62. The summed E-state index contributed by atoms with van der Waals surface area (Å²) in [5.74, 6) is 0.674. The first-order valence-corrected chi connectivity index (χ1v) is 10.1. The van der Waals surface area contributed by atoms with Crippen LogP contribution in [0.25, 0.3) is 11.3 Å². The molecule has 2 N–H and O–H groups in total. The number of aryl methyl sites for hydroxylation is 1. The number of carbonyl (C=O) groups excluding carboxylic acids is 1. The summed E-state index contributed by atoms with van der Waals surface area (Å²) in [4.78, 5) is 20.6. The SMILES string of the molecule is Cn1cc(-c2cc(Oc3cccc(NC(=O)Nc4ccc(C(F)(F)F)cc4Cl)c3)ncn2)cn1. The van der Waals surface area contributed by atoms with Crippen LogP contribution in [-0.2, 0) is 13.2 Å². The Hall–Kier alpha value is -4.12. The number of rotatable bonds is 5. The highest BCUT2D eigenvalue weighted by Gasteiger charge is 2.31. The maximum atomic E-state index is 12.8. The van der Waals surface area contributed by atoms with Crippen LogP contribution in [0.1, 0.15) is 5.56 Å². The molecule has 2 heterocycles. The van der Waals surface area contributed by atoms with Crippen molar-refractivity contribution in [2.75, 3.05) is 10.6 Å². The topological polar surface area (TPSA) is 94.0 Å². The number of amides is 2. The molecule has 0 fully saturated rings. The molecule has 0 aliphatic carbocycles. The fourth-order valence-corrected chi connectivity index (χ4v) is 3.17. The highest BCUT2D eigenvalue weighted by Crippen LogP contribution is 2.34. The van der Waals surface area contributed by atoms with Gasteiger partial charge in [0.2, 0.25) is 5.88 Å². The second-order valence-corrected chi connectivity index (χ2v) is 7.45. The number of halogens is 4. The van der Waals surface area contributed by atoms with Gasteiger partial charge in [0.1, 0.15) is 12.1 Å². The third-order valence-corrected chi connectivity index (χ3v) is 4.81. The van der Waals surface area contributed by atoms with Crippen LogP contribution in [0.15, 0.2) is 67.3 Å². The Morgan fingerprint density at radius 3 is 2.62 bits per heavy atom. The van der Waals surface area contributed by atoms with E-state index in [4.69, 9.17) is 16.3 Å². The van der Waals surface area contributed by atoms with E-state index in [9.17, 15) is 18.0 Å². The van der Waals surface area contributed by atoms with Gasteiger partial charge in [0.05, 0.1) is 28.2 Å².